The summed E-state index contributed by atoms with van der Waals surface area (Å²) < 4.78 is 15.4. The summed E-state index contributed by atoms with van der Waals surface area (Å²) in [7, 11) is 0. The highest BCUT2D eigenvalue weighted by Gasteiger charge is 2.17. The minimum Gasteiger partial charge on any atom is -0.508 e. The van der Waals surface area contributed by atoms with Gasteiger partial charge in [-0.3, -0.25) is 4.79 Å². The molecule has 3 heterocycles. The van der Waals surface area contributed by atoms with Crippen LogP contribution in [0.25, 0.3) is 5.69 Å². The van der Waals surface area contributed by atoms with Crippen LogP contribution in [0.5, 0.6) is 5.75 Å². The summed E-state index contributed by atoms with van der Waals surface area (Å²) in [4.78, 5) is 20.9. The first-order valence-corrected chi connectivity index (χ1v) is 10.6. The largest absolute Gasteiger partial charge is 0.508 e. The van der Waals surface area contributed by atoms with Crippen LogP contribution in [0.1, 0.15) is 26.4 Å². The van der Waals surface area contributed by atoms with Crippen LogP contribution in [0.3, 0.4) is 0 Å². The average Bonchev–Trinajstić information content (AvgIpc) is 3.37. The molecule has 11 heteroatoms. The van der Waals surface area contributed by atoms with Crippen molar-refractivity contribution >= 4 is 45.5 Å². The number of hydrogen-bond donors (Lipinski definition) is 3. The minimum atomic E-state index is -0.700. The predicted octanol–water partition coefficient (Wildman–Crippen LogP) is 5.14. The monoisotopic (exact) mass is 472 g/mol. The Morgan fingerprint density at radius 3 is 2.75 bits per heavy atom. The molecule has 0 unspecified atom stereocenters. The molecule has 0 aliphatic rings. The lowest BCUT2D eigenvalue weighted by Gasteiger charge is -2.11. The van der Waals surface area contributed by atoms with E-state index in [1.54, 1.807) is 32.2 Å². The fraction of sp³-hybridized carbons (Fsp3) is 0.143. The van der Waals surface area contributed by atoms with Crippen LogP contribution in [-0.4, -0.2) is 30.8 Å². The number of aromatic nitrogens is 4. The quantitative estimate of drug-likeness (QED) is 0.347. The Hall–Kier alpha value is -3.50. The van der Waals surface area contributed by atoms with Crippen LogP contribution in [0.15, 0.2) is 36.8 Å². The molecule has 0 atom stereocenters. The number of carbonyl (C=O) groups is 1. The zero-order chi connectivity index (χ0) is 23.0. The molecule has 3 N–H and O–H groups in total. The second-order valence-electron chi connectivity index (χ2n) is 7.08. The molecule has 0 spiro atoms. The molecule has 0 saturated carbocycles. The average molecular weight is 473 g/mol. The van der Waals surface area contributed by atoms with Gasteiger partial charge >= 0.3 is 0 Å². The van der Waals surface area contributed by atoms with E-state index < -0.39 is 5.95 Å². The number of nitrogens with zero attached hydrogens (tertiary/aromatic N) is 4. The van der Waals surface area contributed by atoms with Gasteiger partial charge in [-0.25, -0.2) is 14.6 Å². The van der Waals surface area contributed by atoms with Crippen LogP contribution < -0.4 is 10.6 Å². The SMILES string of the molecule is Cc1cn(-c2cc(Cl)cnc2F)nc1Nc1ncc(C(=O)Nc2c(C)ccc(O)c2C)s1. The summed E-state index contributed by atoms with van der Waals surface area (Å²) in [5, 5.41) is 20.8. The highest BCUT2D eigenvalue weighted by Crippen LogP contribution is 2.30. The van der Waals surface area contributed by atoms with Crippen LogP contribution >= 0.6 is 22.9 Å². The van der Waals surface area contributed by atoms with Crippen molar-refractivity contribution in [1.29, 1.82) is 0 Å². The number of thiazole rings is 1. The number of anilines is 3. The number of hydrogen-bond acceptors (Lipinski definition) is 7. The van der Waals surface area contributed by atoms with E-state index in [2.05, 4.69) is 25.7 Å². The first kappa shape index (κ1) is 21.7. The van der Waals surface area contributed by atoms with Crippen molar-refractivity contribution in [1.82, 2.24) is 19.7 Å². The van der Waals surface area contributed by atoms with Gasteiger partial charge in [0, 0.05) is 23.5 Å². The van der Waals surface area contributed by atoms with E-state index in [4.69, 9.17) is 11.6 Å². The topological polar surface area (TPSA) is 105 Å². The van der Waals surface area contributed by atoms with Crippen molar-refractivity contribution in [2.24, 2.45) is 0 Å². The summed E-state index contributed by atoms with van der Waals surface area (Å²) in [6.45, 7) is 5.38. The third-order valence-electron chi connectivity index (χ3n) is 4.77. The van der Waals surface area contributed by atoms with E-state index in [-0.39, 0.29) is 22.4 Å². The highest BCUT2D eigenvalue weighted by molar-refractivity contribution is 7.17. The number of carbonyl (C=O) groups excluding carboxylic acids is 1. The van der Waals surface area contributed by atoms with Gasteiger partial charge in [-0.2, -0.15) is 4.39 Å². The number of halogens is 2. The predicted molar refractivity (Wildman–Crippen MR) is 122 cm³/mol. The Morgan fingerprint density at radius 2 is 1.97 bits per heavy atom. The maximum Gasteiger partial charge on any atom is 0.267 e. The van der Waals surface area contributed by atoms with E-state index in [0.717, 1.165) is 22.5 Å². The Bertz CT molecular complexity index is 1340. The van der Waals surface area contributed by atoms with E-state index in [0.29, 0.717) is 27.1 Å². The van der Waals surface area contributed by atoms with Crippen molar-refractivity contribution in [3.8, 4) is 11.4 Å². The van der Waals surface area contributed by atoms with E-state index >= 15 is 0 Å². The van der Waals surface area contributed by atoms with Gasteiger partial charge in [0.1, 0.15) is 16.3 Å². The smallest absolute Gasteiger partial charge is 0.267 e. The van der Waals surface area contributed by atoms with Crippen LogP contribution in [0, 0.1) is 26.7 Å². The van der Waals surface area contributed by atoms with Gasteiger partial charge in [0.05, 0.1) is 16.9 Å². The molecular weight excluding hydrogens is 455 g/mol. The number of aromatic hydroxyl groups is 1. The molecule has 32 heavy (non-hydrogen) atoms. The molecule has 0 radical (unpaired) electrons. The zero-order valence-electron chi connectivity index (χ0n) is 17.3. The molecule has 0 aliphatic heterocycles. The fourth-order valence-electron chi connectivity index (χ4n) is 3.02. The van der Waals surface area contributed by atoms with Crippen molar-refractivity contribution in [3.05, 3.63) is 69.3 Å². The molecule has 0 aliphatic carbocycles. The van der Waals surface area contributed by atoms with E-state index in [9.17, 15) is 14.3 Å². The molecule has 0 fully saturated rings. The van der Waals surface area contributed by atoms with Gasteiger partial charge in [-0.1, -0.05) is 29.0 Å². The minimum absolute atomic E-state index is 0.106. The van der Waals surface area contributed by atoms with Crippen LogP contribution in [0.4, 0.5) is 21.0 Å². The summed E-state index contributed by atoms with van der Waals surface area (Å²) >= 11 is 7.05. The van der Waals surface area contributed by atoms with Gasteiger partial charge in [0.15, 0.2) is 10.9 Å². The molecule has 1 aromatic carbocycles. The first-order valence-electron chi connectivity index (χ1n) is 9.44. The number of aryl methyl sites for hydroxylation is 2. The van der Waals surface area contributed by atoms with E-state index in [1.807, 2.05) is 6.92 Å². The lowest BCUT2D eigenvalue weighted by Crippen LogP contribution is -2.12. The maximum atomic E-state index is 14.1. The Morgan fingerprint density at radius 1 is 1.19 bits per heavy atom. The number of amides is 1. The molecule has 8 nitrogen and oxygen atoms in total. The highest BCUT2D eigenvalue weighted by atomic mass is 35.5. The lowest BCUT2D eigenvalue weighted by molar-refractivity contribution is 0.103. The summed E-state index contributed by atoms with van der Waals surface area (Å²) in [5.41, 5.74) is 2.83. The molecular formula is C21H18ClFN6O2S. The maximum absolute atomic E-state index is 14.1. The molecule has 4 rings (SSSR count). The van der Waals surface area contributed by atoms with Crippen molar-refractivity contribution in [2.75, 3.05) is 10.6 Å². The van der Waals surface area contributed by atoms with Crippen molar-refractivity contribution in [2.45, 2.75) is 20.8 Å². The number of rotatable bonds is 5. The standard InChI is InChI=1S/C21H18ClFN6O2S/c1-10-4-5-15(30)12(3)17(10)26-20(31)16-8-25-21(32-16)27-19-11(2)9-29(28-19)14-6-13(22)7-24-18(14)23/h4-9,30H,1-3H3,(H,26,31)(H,25,27,28). The van der Waals surface area contributed by atoms with Crippen molar-refractivity contribution < 1.29 is 14.3 Å². The number of phenolic OH excluding ortho intramolecular Hbond substituents is 1. The molecule has 1 amide bonds. The molecule has 0 bridgehead atoms. The number of benzene rings is 1. The van der Waals surface area contributed by atoms with Gasteiger partial charge in [0.25, 0.3) is 5.91 Å². The van der Waals surface area contributed by atoms with Gasteiger partial charge in [-0.05, 0) is 38.5 Å². The third-order valence-corrected chi connectivity index (χ3v) is 5.89. The molecule has 164 valence electrons. The summed E-state index contributed by atoms with van der Waals surface area (Å²) in [5.74, 6) is -0.490. The number of pyridine rings is 1. The van der Waals surface area contributed by atoms with Gasteiger partial charge < -0.3 is 15.7 Å². The van der Waals surface area contributed by atoms with Gasteiger partial charge in [-0.15, -0.1) is 5.10 Å². The molecule has 0 saturated heterocycles. The fourth-order valence-corrected chi connectivity index (χ4v) is 3.88. The van der Waals surface area contributed by atoms with Crippen molar-refractivity contribution in [3.63, 3.8) is 0 Å². The normalized spacial score (nSPS) is 10.9. The number of nitrogens with one attached hydrogen (secondary N) is 2. The molecule has 3 aromatic heterocycles. The van der Waals surface area contributed by atoms with E-state index in [1.165, 1.54) is 23.1 Å². The molecule has 4 aromatic rings. The van der Waals surface area contributed by atoms with Gasteiger partial charge in [0.2, 0.25) is 5.95 Å². The van der Waals surface area contributed by atoms with Crippen LogP contribution in [-0.2, 0) is 0 Å². The zero-order valence-corrected chi connectivity index (χ0v) is 18.8. The Kier molecular flexibility index (Phi) is 5.81. The number of phenols is 1. The van der Waals surface area contributed by atoms with Crippen LogP contribution in [0.2, 0.25) is 5.02 Å². The Balaban J connectivity index is 1.53. The Labute approximate surface area is 191 Å². The second kappa shape index (κ2) is 8.56. The summed E-state index contributed by atoms with van der Waals surface area (Å²) in [6, 6.07) is 4.74. The third kappa shape index (κ3) is 4.27. The first-order chi connectivity index (χ1) is 15.2. The lowest BCUT2D eigenvalue weighted by atomic mass is 10.1. The second-order valence-corrected chi connectivity index (χ2v) is 8.55. The summed E-state index contributed by atoms with van der Waals surface area (Å²) in [6.07, 6.45) is 4.30.